The van der Waals surface area contributed by atoms with Gasteiger partial charge in [0.15, 0.2) is 5.75 Å². The summed E-state index contributed by atoms with van der Waals surface area (Å²) in [6.45, 7) is 4.27. The van der Waals surface area contributed by atoms with Crippen LogP contribution in [0.4, 0.5) is 5.69 Å². The lowest BCUT2D eigenvalue weighted by molar-refractivity contribution is 0.403. The van der Waals surface area contributed by atoms with Gasteiger partial charge in [-0.3, -0.25) is 0 Å². The van der Waals surface area contributed by atoms with Crippen LogP contribution in [0.15, 0.2) is 30.3 Å². The van der Waals surface area contributed by atoms with Crippen LogP contribution in [0.25, 0.3) is 0 Å². The van der Waals surface area contributed by atoms with E-state index in [-0.39, 0.29) is 0 Å². The summed E-state index contributed by atoms with van der Waals surface area (Å²) >= 11 is 12.3. The van der Waals surface area contributed by atoms with Gasteiger partial charge in [-0.1, -0.05) is 37.0 Å². The first-order valence-corrected chi connectivity index (χ1v) is 7.82. The lowest BCUT2D eigenvalue weighted by Gasteiger charge is -2.16. The number of halogens is 2. The second-order valence-electron chi connectivity index (χ2n) is 5.13. The molecule has 0 fully saturated rings. The highest BCUT2D eigenvalue weighted by molar-refractivity contribution is 6.37. The first kappa shape index (κ1) is 16.8. The van der Waals surface area contributed by atoms with Crippen molar-refractivity contribution in [1.29, 1.82) is 0 Å². The van der Waals surface area contributed by atoms with Gasteiger partial charge in [0.2, 0.25) is 0 Å². The normalized spacial score (nSPS) is 12.0. The lowest BCUT2D eigenvalue weighted by atomic mass is 9.97. The average Bonchev–Trinajstić information content (AvgIpc) is 2.49. The van der Waals surface area contributed by atoms with E-state index in [9.17, 15) is 0 Å². The fraction of sp³-hybridized carbons (Fsp3) is 0.294. The molecule has 1 atom stereocenters. The summed E-state index contributed by atoms with van der Waals surface area (Å²) in [6, 6.07) is 8.89. The zero-order valence-electron chi connectivity index (χ0n) is 12.8. The Morgan fingerprint density at radius 2 is 1.77 bits per heavy atom. The zero-order valence-corrected chi connectivity index (χ0v) is 14.3. The molecular weight excluding hydrogens is 321 g/mol. The third kappa shape index (κ3) is 3.60. The summed E-state index contributed by atoms with van der Waals surface area (Å²) in [6.07, 6.45) is 1.00. The third-order valence-corrected chi connectivity index (χ3v) is 4.15. The van der Waals surface area contributed by atoms with Gasteiger partial charge < -0.3 is 15.2 Å². The molecule has 0 amide bonds. The van der Waals surface area contributed by atoms with Crippen LogP contribution < -0.4 is 15.2 Å². The van der Waals surface area contributed by atoms with Crippen LogP contribution in [0, 0.1) is 0 Å². The van der Waals surface area contributed by atoms with Gasteiger partial charge in [0.05, 0.1) is 17.2 Å². The Labute approximate surface area is 140 Å². The van der Waals surface area contributed by atoms with Crippen molar-refractivity contribution in [2.75, 3.05) is 12.8 Å². The molecule has 0 radical (unpaired) electrons. The molecule has 0 heterocycles. The van der Waals surface area contributed by atoms with Crippen LogP contribution in [0.1, 0.15) is 31.7 Å². The number of benzene rings is 2. The average molecular weight is 340 g/mol. The maximum absolute atomic E-state index is 6.16. The Morgan fingerprint density at radius 3 is 2.32 bits per heavy atom. The van der Waals surface area contributed by atoms with Gasteiger partial charge in [-0.05, 0) is 42.7 Å². The van der Waals surface area contributed by atoms with Gasteiger partial charge >= 0.3 is 0 Å². The van der Waals surface area contributed by atoms with Gasteiger partial charge in [0.1, 0.15) is 11.5 Å². The lowest BCUT2D eigenvalue weighted by Crippen LogP contribution is -1.98. The second-order valence-corrected chi connectivity index (χ2v) is 5.94. The van der Waals surface area contributed by atoms with Gasteiger partial charge in [0, 0.05) is 11.3 Å². The number of methoxy groups -OCH3 is 1. The van der Waals surface area contributed by atoms with Crippen LogP contribution in [0.3, 0.4) is 0 Å². The van der Waals surface area contributed by atoms with E-state index in [0.717, 1.165) is 17.7 Å². The van der Waals surface area contributed by atoms with Crippen molar-refractivity contribution >= 4 is 28.9 Å². The molecule has 1 unspecified atom stereocenters. The monoisotopic (exact) mass is 339 g/mol. The summed E-state index contributed by atoms with van der Waals surface area (Å²) in [7, 11) is 1.66. The molecule has 0 spiro atoms. The minimum Gasteiger partial charge on any atom is -0.496 e. The number of anilines is 1. The second kappa shape index (κ2) is 7.12. The zero-order chi connectivity index (χ0) is 16.3. The van der Waals surface area contributed by atoms with Gasteiger partial charge in [-0.25, -0.2) is 0 Å². The van der Waals surface area contributed by atoms with Crippen molar-refractivity contribution in [3.63, 3.8) is 0 Å². The fourth-order valence-electron chi connectivity index (χ4n) is 2.18. The molecule has 0 saturated heterocycles. The summed E-state index contributed by atoms with van der Waals surface area (Å²) in [5, 5.41) is 0.761. The van der Waals surface area contributed by atoms with Crippen molar-refractivity contribution < 1.29 is 9.47 Å². The highest BCUT2D eigenvalue weighted by atomic mass is 35.5. The molecular formula is C17H19Cl2NO2. The molecule has 118 valence electrons. The highest BCUT2D eigenvalue weighted by Gasteiger charge is 2.14. The Morgan fingerprint density at radius 1 is 1.14 bits per heavy atom. The van der Waals surface area contributed by atoms with Gasteiger partial charge in [-0.2, -0.15) is 0 Å². The van der Waals surface area contributed by atoms with E-state index < -0.39 is 0 Å². The molecule has 22 heavy (non-hydrogen) atoms. The molecule has 5 heteroatoms. The molecule has 2 rings (SSSR count). The Bertz CT molecular complexity index is 651. The standard InChI is InChI=1S/C17H19Cl2NO2/c1-4-10(2)13-9-12(5-6-16(13)21-3)22-17-14(18)7-11(20)8-15(17)19/h5-10H,4,20H2,1-3H3. The molecule has 0 aliphatic heterocycles. The number of rotatable bonds is 5. The van der Waals surface area contributed by atoms with Crippen LogP contribution >= 0.6 is 23.2 Å². The minimum absolute atomic E-state index is 0.357. The van der Waals surface area contributed by atoms with Crippen molar-refractivity contribution in [1.82, 2.24) is 0 Å². The van der Waals surface area contributed by atoms with Crippen LogP contribution in [0.2, 0.25) is 10.0 Å². The largest absolute Gasteiger partial charge is 0.496 e. The summed E-state index contributed by atoms with van der Waals surface area (Å²) < 4.78 is 11.3. The van der Waals surface area contributed by atoms with Crippen molar-refractivity contribution in [2.24, 2.45) is 0 Å². The van der Waals surface area contributed by atoms with Crippen LogP contribution in [0.5, 0.6) is 17.2 Å². The van der Waals surface area contributed by atoms with E-state index in [4.69, 9.17) is 38.4 Å². The maximum atomic E-state index is 6.16. The molecule has 0 aliphatic rings. The SMILES string of the molecule is CCC(C)c1cc(Oc2c(Cl)cc(N)cc2Cl)ccc1OC. The number of hydrogen-bond acceptors (Lipinski definition) is 3. The van der Waals surface area contributed by atoms with Gasteiger partial charge in [0.25, 0.3) is 0 Å². The molecule has 0 saturated carbocycles. The number of ether oxygens (including phenoxy) is 2. The fourth-order valence-corrected chi connectivity index (χ4v) is 2.76. The molecule has 2 aromatic carbocycles. The first-order chi connectivity index (χ1) is 10.5. The van der Waals surface area contributed by atoms with E-state index in [1.54, 1.807) is 19.2 Å². The van der Waals surface area contributed by atoms with Crippen LogP contribution in [-0.4, -0.2) is 7.11 Å². The quantitative estimate of drug-likeness (QED) is 0.690. The number of nitrogens with two attached hydrogens (primary N) is 1. The Hall–Kier alpha value is -1.58. The summed E-state index contributed by atoms with van der Waals surface area (Å²) in [4.78, 5) is 0. The smallest absolute Gasteiger partial charge is 0.164 e. The Balaban J connectivity index is 2.39. The molecule has 2 N–H and O–H groups in total. The summed E-state index contributed by atoms with van der Waals surface area (Å²) in [5.74, 6) is 2.26. The summed E-state index contributed by atoms with van der Waals surface area (Å²) in [5.41, 5.74) is 7.29. The molecule has 0 aliphatic carbocycles. The maximum Gasteiger partial charge on any atom is 0.164 e. The topological polar surface area (TPSA) is 44.5 Å². The molecule has 0 aromatic heterocycles. The first-order valence-electron chi connectivity index (χ1n) is 7.06. The van der Waals surface area contributed by atoms with E-state index >= 15 is 0 Å². The number of nitrogen functional groups attached to an aromatic ring is 1. The molecule has 3 nitrogen and oxygen atoms in total. The van der Waals surface area contributed by atoms with E-state index in [1.165, 1.54) is 0 Å². The van der Waals surface area contributed by atoms with Crippen molar-refractivity contribution in [3.05, 3.63) is 45.9 Å². The van der Waals surface area contributed by atoms with E-state index in [0.29, 0.717) is 33.1 Å². The number of hydrogen-bond donors (Lipinski definition) is 1. The Kier molecular flexibility index (Phi) is 5.43. The molecule has 2 aromatic rings. The third-order valence-electron chi connectivity index (χ3n) is 3.58. The molecule has 0 bridgehead atoms. The predicted molar refractivity (Wildman–Crippen MR) is 92.6 cm³/mol. The van der Waals surface area contributed by atoms with E-state index in [1.807, 2.05) is 18.2 Å². The minimum atomic E-state index is 0.357. The van der Waals surface area contributed by atoms with Crippen molar-refractivity contribution in [3.8, 4) is 17.2 Å². The van der Waals surface area contributed by atoms with Gasteiger partial charge in [-0.15, -0.1) is 0 Å². The van der Waals surface area contributed by atoms with E-state index in [2.05, 4.69) is 13.8 Å². The van der Waals surface area contributed by atoms with Crippen LogP contribution in [-0.2, 0) is 0 Å². The van der Waals surface area contributed by atoms with Crippen molar-refractivity contribution in [2.45, 2.75) is 26.2 Å². The predicted octanol–water partition coefficient (Wildman–Crippen LogP) is 5.89. The highest BCUT2D eigenvalue weighted by Crippen LogP contribution is 2.40.